The van der Waals surface area contributed by atoms with Crippen LogP contribution in [0, 0.1) is 0 Å². The van der Waals surface area contributed by atoms with E-state index in [1.807, 2.05) is 0 Å². The largest absolute Gasteiger partial charge is 0.291 e. The molecule has 0 aromatic rings. The van der Waals surface area contributed by atoms with E-state index in [0.29, 0.717) is 12.0 Å². The molecular weight excluding hydrogens is 200 g/mol. The maximum atomic E-state index is 11.4. The van der Waals surface area contributed by atoms with Crippen LogP contribution in [-0.2, 0) is 9.90 Å². The molecule has 0 saturated heterocycles. The third kappa shape index (κ3) is 7.63. The number of hydrogen-bond acceptors (Lipinski definition) is 1. The van der Waals surface area contributed by atoms with E-state index in [9.17, 15) is 9.90 Å². The molecule has 0 bridgehead atoms. The van der Waals surface area contributed by atoms with Crippen LogP contribution in [0.25, 0.3) is 0 Å². The fourth-order valence-electron chi connectivity index (χ4n) is 1.69. The monoisotopic (exact) mass is 225 g/mol. The zero-order valence-electron chi connectivity index (χ0n) is 10.8. The number of hydrogen-bond donors (Lipinski definition) is 0. The van der Waals surface area contributed by atoms with Crippen molar-refractivity contribution in [1.29, 1.82) is 0 Å². The Bertz CT molecular complexity index is 209. The van der Waals surface area contributed by atoms with Gasteiger partial charge >= 0.3 is 0 Å². The van der Waals surface area contributed by atoms with E-state index >= 15 is 0 Å². The summed E-state index contributed by atoms with van der Waals surface area (Å²) in [5.41, 5.74) is 0.392. The normalized spacial score (nSPS) is 12.4. The zero-order chi connectivity index (χ0) is 12.4. The number of unbranched alkanes of at least 4 members (excludes halogenated alkanes) is 6. The molecule has 0 aliphatic carbocycles. The molecule has 0 aromatic heterocycles. The van der Waals surface area contributed by atoms with Gasteiger partial charge in [-0.2, -0.15) is 0 Å². The fourth-order valence-corrected chi connectivity index (χ4v) is 1.69. The molecule has 0 amide bonds. The van der Waals surface area contributed by atoms with Gasteiger partial charge < -0.3 is 0 Å². The summed E-state index contributed by atoms with van der Waals surface area (Å²) in [7, 11) is 0. The molecule has 0 fully saturated rings. The van der Waals surface area contributed by atoms with Crippen molar-refractivity contribution < 1.29 is 9.90 Å². The molecule has 16 heavy (non-hydrogen) atoms. The molecule has 0 heterocycles. The minimum absolute atomic E-state index is 0.314. The Kier molecular flexibility index (Phi) is 9.21. The van der Waals surface area contributed by atoms with E-state index in [1.165, 1.54) is 32.1 Å². The van der Waals surface area contributed by atoms with Crippen LogP contribution >= 0.6 is 0 Å². The fraction of sp³-hybridized carbons (Fsp3) is 0.786. The number of carbonyl (C=O) groups is 1. The maximum Gasteiger partial charge on any atom is 0.189 e. The van der Waals surface area contributed by atoms with Crippen LogP contribution in [0.3, 0.4) is 0 Å². The highest BCUT2D eigenvalue weighted by Crippen LogP contribution is 2.11. The van der Waals surface area contributed by atoms with Crippen LogP contribution < -0.4 is 0 Å². The molecule has 2 heteroatoms. The van der Waals surface area contributed by atoms with E-state index < -0.39 is 6.10 Å². The summed E-state index contributed by atoms with van der Waals surface area (Å²) >= 11 is 0. The lowest BCUT2D eigenvalue weighted by molar-refractivity contribution is -0.126. The Morgan fingerprint density at radius 1 is 1.06 bits per heavy atom. The topological polar surface area (TPSA) is 37.0 Å². The van der Waals surface area contributed by atoms with Gasteiger partial charge in [0.05, 0.1) is 0 Å². The molecule has 0 spiro atoms. The molecule has 0 saturated carbocycles. The third-order valence-corrected chi connectivity index (χ3v) is 2.78. The second-order valence-electron chi connectivity index (χ2n) is 4.54. The van der Waals surface area contributed by atoms with E-state index in [1.54, 1.807) is 6.92 Å². The predicted molar refractivity (Wildman–Crippen MR) is 66.9 cm³/mol. The highest BCUT2D eigenvalue weighted by molar-refractivity contribution is 5.97. The Balaban J connectivity index is 3.38. The van der Waals surface area contributed by atoms with Crippen LogP contribution in [0.4, 0.5) is 0 Å². The predicted octanol–water partition coefficient (Wildman–Crippen LogP) is 4.07. The second-order valence-corrected chi connectivity index (χ2v) is 4.54. The molecule has 1 atom stereocenters. The van der Waals surface area contributed by atoms with Gasteiger partial charge in [-0.05, 0) is 18.9 Å². The average molecular weight is 225 g/mol. The van der Waals surface area contributed by atoms with Crippen molar-refractivity contribution in [1.82, 2.24) is 0 Å². The van der Waals surface area contributed by atoms with E-state index in [-0.39, 0.29) is 5.78 Å². The summed E-state index contributed by atoms with van der Waals surface area (Å²) in [5.74, 6) is -0.314. The lowest BCUT2D eigenvalue weighted by Gasteiger charge is -2.06. The number of Topliss-reactive ketones (excluding diaryl/α,β-unsaturated/α-hetero) is 1. The highest BCUT2D eigenvalue weighted by Gasteiger charge is 2.16. The van der Waals surface area contributed by atoms with Gasteiger partial charge in [0.2, 0.25) is 0 Å². The minimum atomic E-state index is -1.08. The van der Waals surface area contributed by atoms with Gasteiger partial charge in [0, 0.05) is 0 Å². The first-order chi connectivity index (χ1) is 7.59. The lowest BCUT2D eigenvalue weighted by atomic mass is 10.0. The lowest BCUT2D eigenvalue weighted by Crippen LogP contribution is -2.19. The van der Waals surface area contributed by atoms with Gasteiger partial charge in [-0.3, -0.25) is 4.79 Å². The summed E-state index contributed by atoms with van der Waals surface area (Å²) in [6.45, 7) is 7.31. The first-order valence-electron chi connectivity index (χ1n) is 6.45. The van der Waals surface area contributed by atoms with Crippen LogP contribution in [0.15, 0.2) is 12.2 Å². The van der Waals surface area contributed by atoms with Crippen LogP contribution in [0.2, 0.25) is 0 Å². The molecule has 0 rings (SSSR count). The molecule has 2 nitrogen and oxygen atoms in total. The van der Waals surface area contributed by atoms with Gasteiger partial charge in [-0.15, -0.1) is 0 Å². The van der Waals surface area contributed by atoms with Crippen molar-refractivity contribution in [2.75, 3.05) is 0 Å². The van der Waals surface area contributed by atoms with Crippen molar-refractivity contribution in [3.05, 3.63) is 12.2 Å². The Labute approximate surface area is 99.7 Å². The van der Waals surface area contributed by atoms with Crippen molar-refractivity contribution in [3.8, 4) is 0 Å². The summed E-state index contributed by atoms with van der Waals surface area (Å²) in [5, 5.41) is 11.4. The second kappa shape index (κ2) is 9.59. The first kappa shape index (κ1) is 15.4. The number of rotatable bonds is 10. The molecule has 0 aliphatic rings. The van der Waals surface area contributed by atoms with E-state index in [2.05, 4.69) is 13.5 Å². The highest BCUT2D eigenvalue weighted by atomic mass is 16.3. The molecular formula is C14H25O2. The van der Waals surface area contributed by atoms with Crippen molar-refractivity contribution in [3.63, 3.8) is 0 Å². The quantitative estimate of drug-likeness (QED) is 0.408. The Morgan fingerprint density at radius 2 is 1.56 bits per heavy atom. The third-order valence-electron chi connectivity index (χ3n) is 2.78. The van der Waals surface area contributed by atoms with Crippen LogP contribution in [-0.4, -0.2) is 11.9 Å². The average Bonchev–Trinajstić information content (AvgIpc) is 2.26. The zero-order valence-corrected chi connectivity index (χ0v) is 10.8. The molecule has 93 valence electrons. The summed E-state index contributed by atoms with van der Waals surface area (Å²) in [6.07, 6.45) is 7.65. The van der Waals surface area contributed by atoms with E-state index in [0.717, 1.165) is 12.8 Å². The standard InChI is InChI=1S/C14H25O2/c1-4-5-6-7-8-9-10-11-13(15)14(16)12(2)3/h13H,2,4-11H2,1,3H3. The SMILES string of the molecule is C=C(C)C(=O)C([O])CCCCCCCCC. The van der Waals surface area contributed by atoms with Gasteiger partial charge in [0.1, 0.15) is 0 Å². The molecule has 0 aliphatic heterocycles. The van der Waals surface area contributed by atoms with Gasteiger partial charge in [0.15, 0.2) is 11.9 Å². The molecule has 0 aromatic carbocycles. The van der Waals surface area contributed by atoms with Gasteiger partial charge in [-0.1, -0.05) is 58.4 Å². The summed E-state index contributed by atoms with van der Waals surface area (Å²) in [4.78, 5) is 11.2. The first-order valence-corrected chi connectivity index (χ1v) is 6.45. The Hall–Kier alpha value is -0.630. The van der Waals surface area contributed by atoms with Gasteiger partial charge in [-0.25, -0.2) is 5.11 Å². The minimum Gasteiger partial charge on any atom is -0.291 e. The summed E-state index contributed by atoms with van der Waals surface area (Å²) < 4.78 is 0. The number of ketones is 1. The molecule has 0 N–H and O–H groups in total. The molecule has 1 radical (unpaired) electrons. The van der Waals surface area contributed by atoms with Crippen LogP contribution in [0.5, 0.6) is 0 Å². The van der Waals surface area contributed by atoms with Crippen LogP contribution in [0.1, 0.15) is 65.2 Å². The van der Waals surface area contributed by atoms with Crippen molar-refractivity contribution >= 4 is 5.78 Å². The number of carbonyl (C=O) groups excluding carboxylic acids is 1. The summed E-state index contributed by atoms with van der Waals surface area (Å²) in [6, 6.07) is 0. The smallest absolute Gasteiger partial charge is 0.189 e. The molecule has 1 unspecified atom stereocenters. The van der Waals surface area contributed by atoms with Gasteiger partial charge in [0.25, 0.3) is 0 Å². The Morgan fingerprint density at radius 3 is 2.06 bits per heavy atom. The maximum absolute atomic E-state index is 11.4. The van der Waals surface area contributed by atoms with E-state index in [4.69, 9.17) is 0 Å². The van der Waals surface area contributed by atoms with Crippen molar-refractivity contribution in [2.45, 2.75) is 71.3 Å². The van der Waals surface area contributed by atoms with Crippen molar-refractivity contribution in [2.24, 2.45) is 0 Å².